The minimum absolute atomic E-state index is 0.207. The van der Waals surface area contributed by atoms with Crippen LogP contribution in [0, 0.1) is 10.8 Å². The Bertz CT molecular complexity index is 322. The molecule has 1 aromatic rings. The van der Waals surface area contributed by atoms with Crippen molar-refractivity contribution in [2.75, 3.05) is 5.75 Å². The molecule has 3 nitrogen and oxygen atoms in total. The van der Waals surface area contributed by atoms with Gasteiger partial charge >= 0.3 is 0 Å². The van der Waals surface area contributed by atoms with E-state index in [2.05, 4.69) is 4.98 Å². The molecular formula is C11H17N3S. The van der Waals surface area contributed by atoms with E-state index < -0.39 is 0 Å². The number of rotatable bonds is 5. The zero-order chi connectivity index (χ0) is 11.3. The third-order valence-corrected chi connectivity index (χ3v) is 3.29. The molecule has 1 aromatic heterocycles. The quantitative estimate of drug-likeness (QED) is 0.458. The maximum atomic E-state index is 7.43. The largest absolute Gasteiger partial charge is 0.387 e. The topological polar surface area (TPSA) is 62.8 Å². The van der Waals surface area contributed by atoms with Crippen LogP contribution < -0.4 is 5.73 Å². The lowest BCUT2D eigenvalue weighted by Crippen LogP contribution is -2.31. The molecule has 0 aromatic carbocycles. The first-order valence-corrected chi connectivity index (χ1v) is 5.89. The van der Waals surface area contributed by atoms with Crippen LogP contribution in [0.3, 0.4) is 0 Å². The van der Waals surface area contributed by atoms with Gasteiger partial charge in [-0.3, -0.25) is 5.41 Å². The summed E-state index contributed by atoms with van der Waals surface area (Å²) in [6, 6.07) is 5.88. The molecule has 82 valence electrons. The Morgan fingerprint density at radius 3 is 2.80 bits per heavy atom. The first kappa shape index (κ1) is 12.0. The number of nitrogens with one attached hydrogen (secondary N) is 1. The summed E-state index contributed by atoms with van der Waals surface area (Å²) in [6.45, 7) is 3.99. The second kappa shape index (κ2) is 5.16. The summed E-state index contributed by atoms with van der Waals surface area (Å²) in [6.07, 6.45) is 2.68. The first-order valence-electron chi connectivity index (χ1n) is 4.91. The zero-order valence-corrected chi connectivity index (χ0v) is 9.97. The Morgan fingerprint density at radius 1 is 1.53 bits per heavy atom. The highest BCUT2D eigenvalue weighted by Gasteiger charge is 2.20. The molecule has 4 heteroatoms. The molecule has 3 N–H and O–H groups in total. The molecular weight excluding hydrogens is 206 g/mol. The van der Waals surface area contributed by atoms with Gasteiger partial charge in [0.05, 0.1) is 10.9 Å². The van der Waals surface area contributed by atoms with Crippen LogP contribution in [0.2, 0.25) is 0 Å². The number of amidine groups is 1. The Morgan fingerprint density at radius 2 is 2.27 bits per heavy atom. The van der Waals surface area contributed by atoms with E-state index in [1.165, 1.54) is 0 Å². The Labute approximate surface area is 95.0 Å². The van der Waals surface area contributed by atoms with Crippen LogP contribution in [-0.4, -0.2) is 16.6 Å². The fourth-order valence-electron chi connectivity index (χ4n) is 0.978. The number of pyridine rings is 1. The standard InChI is InChI=1S/C11H17N3S/c1-11(2,10(12)13)6-8-15-9-5-3-4-7-14-9/h3-5,7H,6,8H2,1-2H3,(H3,12,13). The summed E-state index contributed by atoms with van der Waals surface area (Å²) in [5.41, 5.74) is 5.30. The van der Waals surface area contributed by atoms with Gasteiger partial charge in [-0.1, -0.05) is 19.9 Å². The molecule has 0 aliphatic heterocycles. The van der Waals surface area contributed by atoms with Gasteiger partial charge in [0.2, 0.25) is 0 Å². The minimum atomic E-state index is -0.207. The van der Waals surface area contributed by atoms with Crippen molar-refractivity contribution in [3.05, 3.63) is 24.4 Å². The van der Waals surface area contributed by atoms with Crippen molar-refractivity contribution < 1.29 is 0 Å². The highest BCUT2D eigenvalue weighted by atomic mass is 32.2. The molecule has 0 atom stereocenters. The van der Waals surface area contributed by atoms with Crippen molar-refractivity contribution >= 4 is 17.6 Å². The van der Waals surface area contributed by atoms with Gasteiger partial charge in [0, 0.05) is 17.4 Å². The monoisotopic (exact) mass is 223 g/mol. The van der Waals surface area contributed by atoms with Crippen molar-refractivity contribution in [2.24, 2.45) is 11.1 Å². The van der Waals surface area contributed by atoms with E-state index in [1.807, 2.05) is 32.0 Å². The lowest BCUT2D eigenvalue weighted by atomic mass is 9.89. The van der Waals surface area contributed by atoms with Crippen molar-refractivity contribution in [1.82, 2.24) is 4.98 Å². The van der Waals surface area contributed by atoms with E-state index in [0.717, 1.165) is 17.2 Å². The average Bonchev–Trinajstić information content (AvgIpc) is 2.19. The molecule has 0 aliphatic rings. The van der Waals surface area contributed by atoms with Gasteiger partial charge in [0.15, 0.2) is 0 Å². The van der Waals surface area contributed by atoms with Crippen LogP contribution in [0.4, 0.5) is 0 Å². The summed E-state index contributed by atoms with van der Waals surface area (Å²) in [4.78, 5) is 4.22. The summed E-state index contributed by atoms with van der Waals surface area (Å²) < 4.78 is 0. The summed E-state index contributed by atoms with van der Waals surface area (Å²) >= 11 is 1.70. The average molecular weight is 223 g/mol. The Kier molecular flexibility index (Phi) is 4.15. The lowest BCUT2D eigenvalue weighted by molar-refractivity contribution is 0.500. The van der Waals surface area contributed by atoms with Gasteiger partial charge in [0.25, 0.3) is 0 Å². The number of hydrogen-bond acceptors (Lipinski definition) is 3. The van der Waals surface area contributed by atoms with Gasteiger partial charge < -0.3 is 5.73 Å². The highest BCUT2D eigenvalue weighted by Crippen LogP contribution is 2.25. The molecule has 0 bridgehead atoms. The van der Waals surface area contributed by atoms with Gasteiger partial charge in [0.1, 0.15) is 0 Å². The fourth-order valence-corrected chi connectivity index (χ4v) is 2.11. The molecule has 0 saturated heterocycles. The third-order valence-electron chi connectivity index (χ3n) is 2.34. The maximum Gasteiger partial charge on any atom is 0.0963 e. The van der Waals surface area contributed by atoms with Crippen molar-refractivity contribution in [3.8, 4) is 0 Å². The Balaban J connectivity index is 2.37. The van der Waals surface area contributed by atoms with E-state index in [1.54, 1.807) is 18.0 Å². The summed E-state index contributed by atoms with van der Waals surface area (Å²) in [5, 5.41) is 8.46. The molecule has 0 fully saturated rings. The molecule has 0 unspecified atom stereocenters. The van der Waals surface area contributed by atoms with Crippen LogP contribution in [0.25, 0.3) is 0 Å². The van der Waals surface area contributed by atoms with Crippen molar-refractivity contribution in [2.45, 2.75) is 25.3 Å². The number of thioether (sulfide) groups is 1. The molecule has 0 amide bonds. The third kappa shape index (κ3) is 3.91. The predicted molar refractivity (Wildman–Crippen MR) is 65.3 cm³/mol. The van der Waals surface area contributed by atoms with Gasteiger partial charge in [-0.2, -0.15) is 0 Å². The van der Waals surface area contributed by atoms with Crippen LogP contribution in [-0.2, 0) is 0 Å². The van der Waals surface area contributed by atoms with Crippen molar-refractivity contribution in [3.63, 3.8) is 0 Å². The summed E-state index contributed by atoms with van der Waals surface area (Å²) in [7, 11) is 0. The summed E-state index contributed by atoms with van der Waals surface area (Å²) in [5.74, 6) is 1.19. The van der Waals surface area contributed by atoms with Crippen LogP contribution in [0.15, 0.2) is 29.4 Å². The SMILES string of the molecule is CC(C)(CCSc1ccccn1)C(=N)N. The zero-order valence-electron chi connectivity index (χ0n) is 9.16. The lowest BCUT2D eigenvalue weighted by Gasteiger charge is -2.22. The smallest absolute Gasteiger partial charge is 0.0963 e. The van der Waals surface area contributed by atoms with E-state index in [-0.39, 0.29) is 11.3 Å². The van der Waals surface area contributed by atoms with E-state index in [9.17, 15) is 0 Å². The minimum Gasteiger partial charge on any atom is -0.387 e. The molecule has 0 aliphatic carbocycles. The van der Waals surface area contributed by atoms with E-state index in [4.69, 9.17) is 11.1 Å². The normalized spacial score (nSPS) is 11.3. The molecule has 1 rings (SSSR count). The maximum absolute atomic E-state index is 7.43. The van der Waals surface area contributed by atoms with Gasteiger partial charge in [-0.25, -0.2) is 4.98 Å². The Hall–Kier alpha value is -1.03. The predicted octanol–water partition coefficient (Wildman–Crippen LogP) is 2.53. The number of nitrogens with two attached hydrogens (primary N) is 1. The molecule has 0 saturated carbocycles. The molecule has 15 heavy (non-hydrogen) atoms. The first-order chi connectivity index (χ1) is 7.02. The number of nitrogens with zero attached hydrogens (tertiary/aromatic N) is 1. The van der Waals surface area contributed by atoms with Gasteiger partial charge in [-0.05, 0) is 18.6 Å². The van der Waals surface area contributed by atoms with Crippen LogP contribution >= 0.6 is 11.8 Å². The second-order valence-electron chi connectivity index (χ2n) is 4.06. The van der Waals surface area contributed by atoms with Crippen LogP contribution in [0.1, 0.15) is 20.3 Å². The van der Waals surface area contributed by atoms with E-state index in [0.29, 0.717) is 0 Å². The number of hydrogen-bond donors (Lipinski definition) is 2. The molecule has 0 radical (unpaired) electrons. The number of aromatic nitrogens is 1. The van der Waals surface area contributed by atoms with Crippen LogP contribution in [0.5, 0.6) is 0 Å². The molecule has 1 heterocycles. The molecule has 0 spiro atoms. The van der Waals surface area contributed by atoms with Gasteiger partial charge in [-0.15, -0.1) is 11.8 Å². The highest BCUT2D eigenvalue weighted by molar-refractivity contribution is 7.99. The van der Waals surface area contributed by atoms with E-state index >= 15 is 0 Å². The second-order valence-corrected chi connectivity index (χ2v) is 5.18. The fraction of sp³-hybridized carbons (Fsp3) is 0.455. The van der Waals surface area contributed by atoms with Crippen molar-refractivity contribution in [1.29, 1.82) is 5.41 Å².